The van der Waals surface area contributed by atoms with E-state index in [-0.39, 0.29) is 23.6 Å². The van der Waals surface area contributed by atoms with E-state index < -0.39 is 23.6 Å². The van der Waals surface area contributed by atoms with Crippen LogP contribution in [-0.4, -0.2) is 37.7 Å². The molecule has 0 aliphatic heterocycles. The third-order valence-corrected chi connectivity index (χ3v) is 4.61. The van der Waals surface area contributed by atoms with Crippen molar-refractivity contribution in [1.29, 1.82) is 0 Å². The second-order valence-corrected chi connectivity index (χ2v) is 6.90. The van der Waals surface area contributed by atoms with Crippen molar-refractivity contribution in [1.82, 2.24) is 24.6 Å². The van der Waals surface area contributed by atoms with Gasteiger partial charge in [-0.25, -0.2) is 4.68 Å². The lowest BCUT2D eigenvalue weighted by molar-refractivity contribution is -0.137. The molecule has 3 heterocycles. The van der Waals surface area contributed by atoms with Crippen molar-refractivity contribution in [3.8, 4) is 11.5 Å². The number of hydrogen-bond donors (Lipinski definition) is 2. The minimum atomic E-state index is -4.53. The van der Waals surface area contributed by atoms with Gasteiger partial charge < -0.3 is 15.2 Å². The number of nitrogens with zero attached hydrogens (tertiary/aromatic N) is 4. The monoisotopic (exact) mass is 454 g/mol. The van der Waals surface area contributed by atoms with Gasteiger partial charge in [0.05, 0.1) is 35.9 Å². The molecule has 4 rings (SSSR count). The lowest BCUT2D eigenvalue weighted by atomic mass is 10.2. The van der Waals surface area contributed by atoms with E-state index in [1.165, 1.54) is 29.2 Å². The Balaban J connectivity index is 1.60. The molecule has 0 spiro atoms. The minimum absolute atomic E-state index is 0.0813. The molecule has 0 fully saturated rings. The summed E-state index contributed by atoms with van der Waals surface area (Å²) >= 11 is 0. The van der Waals surface area contributed by atoms with Gasteiger partial charge in [-0.15, -0.1) is 0 Å². The van der Waals surface area contributed by atoms with E-state index in [1.54, 1.807) is 47.4 Å². The van der Waals surface area contributed by atoms with Gasteiger partial charge in [-0.05, 0) is 42.5 Å². The van der Waals surface area contributed by atoms with Gasteiger partial charge in [-0.3, -0.25) is 14.6 Å². The Kier molecular flexibility index (Phi) is 5.94. The first kappa shape index (κ1) is 21.8. The molecule has 0 radical (unpaired) electrons. The summed E-state index contributed by atoms with van der Waals surface area (Å²) in [6.45, 7) is -0.326. The van der Waals surface area contributed by atoms with E-state index >= 15 is 0 Å². The van der Waals surface area contributed by atoms with Crippen LogP contribution in [-0.2, 0) is 11.0 Å². The number of hydrogen-bond acceptors (Lipinski definition) is 4. The lowest BCUT2D eigenvalue weighted by Crippen LogP contribution is -2.33. The number of alkyl halides is 3. The Morgan fingerprint density at radius 1 is 1.00 bits per heavy atom. The molecule has 1 aromatic carbocycles. The van der Waals surface area contributed by atoms with Crippen LogP contribution >= 0.6 is 0 Å². The maximum atomic E-state index is 13.2. The highest BCUT2D eigenvalue weighted by atomic mass is 19.4. The topological polar surface area (TPSA) is 93.8 Å². The highest BCUT2D eigenvalue weighted by molar-refractivity contribution is 6.01. The summed E-state index contributed by atoms with van der Waals surface area (Å²) in [5.74, 6) is -0.855. The number of nitrogens with one attached hydrogen (secondary N) is 2. The Hall–Kier alpha value is -4.41. The SMILES string of the molecule is O=C(CNC(=O)c1cnn(-c2cccc(C(F)(F)F)c2)c1-n1cccc1)Nc1cccnc1. The van der Waals surface area contributed by atoms with E-state index in [9.17, 15) is 22.8 Å². The molecule has 0 aliphatic carbocycles. The Morgan fingerprint density at radius 3 is 2.48 bits per heavy atom. The Morgan fingerprint density at radius 2 is 1.79 bits per heavy atom. The zero-order valence-electron chi connectivity index (χ0n) is 17.0. The minimum Gasteiger partial charge on any atom is -0.343 e. The summed E-state index contributed by atoms with van der Waals surface area (Å²) in [6, 6.07) is 11.3. The normalized spacial score (nSPS) is 11.2. The maximum absolute atomic E-state index is 13.2. The second-order valence-electron chi connectivity index (χ2n) is 6.90. The molecular formula is C22H17F3N6O2. The van der Waals surface area contributed by atoms with Gasteiger partial charge in [-0.1, -0.05) is 6.07 Å². The first-order chi connectivity index (χ1) is 15.8. The number of benzene rings is 1. The van der Waals surface area contributed by atoms with Crippen molar-refractivity contribution in [2.75, 3.05) is 11.9 Å². The van der Waals surface area contributed by atoms with Gasteiger partial charge in [0.2, 0.25) is 5.91 Å². The summed E-state index contributed by atoms with van der Waals surface area (Å²) in [5.41, 5.74) is -0.158. The summed E-state index contributed by atoms with van der Waals surface area (Å²) in [5, 5.41) is 9.24. The molecule has 0 atom stereocenters. The molecule has 4 aromatic rings. The number of carbonyl (C=O) groups excluding carboxylic acids is 2. The first-order valence-electron chi connectivity index (χ1n) is 9.70. The van der Waals surface area contributed by atoms with Crippen LogP contribution in [0.15, 0.2) is 79.5 Å². The van der Waals surface area contributed by atoms with Crippen LogP contribution in [0.25, 0.3) is 11.5 Å². The van der Waals surface area contributed by atoms with E-state index in [4.69, 9.17) is 0 Å². The fourth-order valence-electron chi connectivity index (χ4n) is 3.13. The molecule has 8 nitrogen and oxygen atoms in total. The molecular weight excluding hydrogens is 437 g/mol. The number of halogens is 3. The van der Waals surface area contributed by atoms with Crippen molar-refractivity contribution in [3.63, 3.8) is 0 Å². The van der Waals surface area contributed by atoms with E-state index in [2.05, 4.69) is 20.7 Å². The van der Waals surface area contributed by atoms with E-state index in [1.807, 2.05) is 0 Å². The van der Waals surface area contributed by atoms with Gasteiger partial charge in [-0.2, -0.15) is 18.3 Å². The van der Waals surface area contributed by atoms with Crippen molar-refractivity contribution in [2.24, 2.45) is 0 Å². The fourth-order valence-corrected chi connectivity index (χ4v) is 3.13. The van der Waals surface area contributed by atoms with Crippen molar-refractivity contribution in [2.45, 2.75) is 6.18 Å². The van der Waals surface area contributed by atoms with Crippen molar-refractivity contribution < 1.29 is 22.8 Å². The van der Waals surface area contributed by atoms with Gasteiger partial charge >= 0.3 is 6.18 Å². The zero-order chi connectivity index (χ0) is 23.4. The van der Waals surface area contributed by atoms with Gasteiger partial charge in [0.1, 0.15) is 5.56 Å². The summed E-state index contributed by atoms with van der Waals surface area (Å²) in [6.07, 6.45) is 2.99. The molecule has 11 heteroatoms. The second kappa shape index (κ2) is 8.99. The van der Waals surface area contributed by atoms with E-state index in [0.29, 0.717) is 5.69 Å². The van der Waals surface area contributed by atoms with Crippen LogP contribution in [0, 0.1) is 0 Å². The molecule has 2 N–H and O–H groups in total. The van der Waals surface area contributed by atoms with Crippen LogP contribution in [0.4, 0.5) is 18.9 Å². The van der Waals surface area contributed by atoms with Crippen LogP contribution < -0.4 is 10.6 Å². The van der Waals surface area contributed by atoms with Gasteiger partial charge in [0, 0.05) is 18.6 Å². The number of aromatic nitrogens is 4. The smallest absolute Gasteiger partial charge is 0.343 e. The lowest BCUT2D eigenvalue weighted by Gasteiger charge is -2.13. The maximum Gasteiger partial charge on any atom is 0.416 e. The molecule has 3 aromatic heterocycles. The molecule has 33 heavy (non-hydrogen) atoms. The molecule has 0 saturated heterocycles. The van der Waals surface area contributed by atoms with Crippen molar-refractivity contribution >= 4 is 17.5 Å². The molecule has 0 aliphatic rings. The standard InChI is InChI=1S/C22H17F3N6O2/c23-22(24,25)15-5-3-7-17(11-15)31-21(30-9-1-2-10-30)18(13-28-31)20(33)27-14-19(32)29-16-6-4-8-26-12-16/h1-13H,14H2,(H,27,33)(H,29,32). The van der Waals surface area contributed by atoms with Crippen LogP contribution in [0.5, 0.6) is 0 Å². The third kappa shape index (κ3) is 4.92. The summed E-state index contributed by atoms with van der Waals surface area (Å²) < 4.78 is 42.3. The predicted octanol–water partition coefficient (Wildman–Crippen LogP) is 3.45. The van der Waals surface area contributed by atoms with Gasteiger partial charge in [0.25, 0.3) is 5.91 Å². The highest BCUT2D eigenvalue weighted by Crippen LogP contribution is 2.31. The largest absolute Gasteiger partial charge is 0.416 e. The number of anilines is 1. The summed E-state index contributed by atoms with van der Waals surface area (Å²) in [7, 11) is 0. The molecule has 0 bridgehead atoms. The van der Waals surface area contributed by atoms with Crippen LogP contribution in [0.3, 0.4) is 0 Å². The Labute approximate surface area is 185 Å². The predicted molar refractivity (Wildman–Crippen MR) is 113 cm³/mol. The average Bonchev–Trinajstić information content (AvgIpc) is 3.47. The average molecular weight is 454 g/mol. The zero-order valence-corrected chi connectivity index (χ0v) is 17.0. The van der Waals surface area contributed by atoms with Crippen molar-refractivity contribution in [3.05, 3.63) is 90.6 Å². The number of pyridine rings is 1. The number of carbonyl (C=O) groups is 2. The first-order valence-corrected chi connectivity index (χ1v) is 9.70. The molecule has 168 valence electrons. The van der Waals surface area contributed by atoms with Crippen LogP contribution in [0.1, 0.15) is 15.9 Å². The third-order valence-electron chi connectivity index (χ3n) is 4.61. The molecule has 0 unspecified atom stereocenters. The summed E-state index contributed by atoms with van der Waals surface area (Å²) in [4.78, 5) is 28.9. The molecule has 2 amide bonds. The molecule has 0 saturated carbocycles. The van der Waals surface area contributed by atoms with Crippen LogP contribution in [0.2, 0.25) is 0 Å². The Bertz CT molecular complexity index is 1270. The number of amides is 2. The highest BCUT2D eigenvalue weighted by Gasteiger charge is 2.31. The van der Waals surface area contributed by atoms with Gasteiger partial charge in [0.15, 0.2) is 5.82 Å². The fraction of sp³-hybridized carbons (Fsp3) is 0.0909. The van der Waals surface area contributed by atoms with E-state index in [0.717, 1.165) is 12.1 Å². The number of rotatable bonds is 6. The quantitative estimate of drug-likeness (QED) is 0.467.